The van der Waals surface area contributed by atoms with Crippen molar-refractivity contribution in [2.75, 3.05) is 6.54 Å². The second kappa shape index (κ2) is 5.93. The molecule has 4 nitrogen and oxygen atoms in total. The number of rotatable bonds is 2. The molecule has 0 aromatic heterocycles. The molecule has 4 atom stereocenters. The molecule has 19 heavy (non-hydrogen) atoms. The SMILES string of the molecule is CC1CCCC(C)N(C(=O)[C@@H]2CC[C@H](C(=O)O)C2)C1. The molecular weight excluding hydrogens is 242 g/mol. The molecule has 2 fully saturated rings. The van der Waals surface area contributed by atoms with Gasteiger partial charge in [-0.2, -0.15) is 0 Å². The Hall–Kier alpha value is -1.06. The Morgan fingerprint density at radius 2 is 1.74 bits per heavy atom. The zero-order chi connectivity index (χ0) is 14.0. The fourth-order valence-electron chi connectivity index (χ4n) is 3.50. The Labute approximate surface area is 115 Å². The summed E-state index contributed by atoms with van der Waals surface area (Å²) in [5.41, 5.74) is 0. The summed E-state index contributed by atoms with van der Waals surface area (Å²) in [4.78, 5) is 25.6. The second-order valence-electron chi connectivity index (χ2n) is 6.42. The van der Waals surface area contributed by atoms with Crippen molar-refractivity contribution in [1.82, 2.24) is 4.90 Å². The van der Waals surface area contributed by atoms with E-state index in [1.54, 1.807) is 0 Å². The van der Waals surface area contributed by atoms with E-state index in [1.807, 2.05) is 4.90 Å². The van der Waals surface area contributed by atoms with E-state index in [1.165, 1.54) is 12.8 Å². The van der Waals surface area contributed by atoms with E-state index in [0.717, 1.165) is 19.4 Å². The summed E-state index contributed by atoms with van der Waals surface area (Å²) in [6.07, 6.45) is 5.39. The van der Waals surface area contributed by atoms with E-state index in [0.29, 0.717) is 24.8 Å². The van der Waals surface area contributed by atoms with Gasteiger partial charge in [-0.3, -0.25) is 9.59 Å². The average Bonchev–Trinajstić information content (AvgIpc) is 2.78. The monoisotopic (exact) mass is 267 g/mol. The lowest BCUT2D eigenvalue weighted by atomic mass is 10.0. The Morgan fingerprint density at radius 1 is 1.05 bits per heavy atom. The minimum atomic E-state index is -0.743. The summed E-state index contributed by atoms with van der Waals surface area (Å²) in [5, 5.41) is 9.04. The highest BCUT2D eigenvalue weighted by Gasteiger charge is 2.37. The minimum Gasteiger partial charge on any atom is -0.481 e. The second-order valence-corrected chi connectivity index (χ2v) is 6.42. The van der Waals surface area contributed by atoms with Gasteiger partial charge in [0.2, 0.25) is 5.91 Å². The molecule has 4 heteroatoms. The van der Waals surface area contributed by atoms with E-state index < -0.39 is 5.97 Å². The average molecular weight is 267 g/mol. The molecule has 0 spiro atoms. The topological polar surface area (TPSA) is 57.6 Å². The lowest BCUT2D eigenvalue weighted by Crippen LogP contribution is -2.42. The zero-order valence-electron chi connectivity index (χ0n) is 12.0. The molecule has 2 aliphatic rings. The van der Waals surface area contributed by atoms with E-state index in [9.17, 15) is 9.59 Å². The molecule has 108 valence electrons. The van der Waals surface area contributed by atoms with Crippen LogP contribution in [0.5, 0.6) is 0 Å². The molecule has 1 N–H and O–H groups in total. The van der Waals surface area contributed by atoms with E-state index in [4.69, 9.17) is 5.11 Å². The van der Waals surface area contributed by atoms with Crippen molar-refractivity contribution >= 4 is 11.9 Å². The first-order chi connectivity index (χ1) is 8.99. The van der Waals surface area contributed by atoms with Gasteiger partial charge in [0.1, 0.15) is 0 Å². The summed E-state index contributed by atoms with van der Waals surface area (Å²) >= 11 is 0. The number of carbonyl (C=O) groups is 2. The largest absolute Gasteiger partial charge is 0.481 e. The highest BCUT2D eigenvalue weighted by molar-refractivity contribution is 5.81. The van der Waals surface area contributed by atoms with E-state index >= 15 is 0 Å². The fraction of sp³-hybridized carbons (Fsp3) is 0.867. The lowest BCUT2D eigenvalue weighted by molar-refractivity contribution is -0.142. The van der Waals surface area contributed by atoms with Gasteiger partial charge in [-0.25, -0.2) is 0 Å². The fourth-order valence-corrected chi connectivity index (χ4v) is 3.50. The van der Waals surface area contributed by atoms with Crippen molar-refractivity contribution in [3.8, 4) is 0 Å². The van der Waals surface area contributed by atoms with Crippen LogP contribution >= 0.6 is 0 Å². The van der Waals surface area contributed by atoms with Gasteiger partial charge >= 0.3 is 5.97 Å². The summed E-state index contributed by atoms with van der Waals surface area (Å²) < 4.78 is 0. The zero-order valence-corrected chi connectivity index (χ0v) is 12.0. The predicted molar refractivity (Wildman–Crippen MR) is 72.7 cm³/mol. The summed E-state index contributed by atoms with van der Waals surface area (Å²) in [7, 11) is 0. The van der Waals surface area contributed by atoms with Crippen LogP contribution in [-0.4, -0.2) is 34.5 Å². The van der Waals surface area contributed by atoms with Crippen LogP contribution in [0.25, 0.3) is 0 Å². The van der Waals surface area contributed by atoms with Gasteiger partial charge in [0.05, 0.1) is 5.92 Å². The standard InChI is InChI=1S/C15H25NO3/c1-10-4-3-5-11(2)16(9-10)14(17)12-6-7-13(8-12)15(18)19/h10-13H,3-9H2,1-2H3,(H,18,19)/t10?,11?,12-,13+/m1/s1. The Bertz CT molecular complexity index is 355. The van der Waals surface area contributed by atoms with E-state index in [-0.39, 0.29) is 17.7 Å². The molecule has 2 unspecified atom stereocenters. The van der Waals surface area contributed by atoms with Crippen LogP contribution in [0.4, 0.5) is 0 Å². The first-order valence-electron chi connectivity index (χ1n) is 7.52. The van der Waals surface area contributed by atoms with Crippen LogP contribution in [0.2, 0.25) is 0 Å². The van der Waals surface area contributed by atoms with Crippen LogP contribution in [0, 0.1) is 17.8 Å². The van der Waals surface area contributed by atoms with Crippen molar-refractivity contribution < 1.29 is 14.7 Å². The number of carbonyl (C=O) groups excluding carboxylic acids is 1. The highest BCUT2D eigenvalue weighted by atomic mass is 16.4. The van der Waals surface area contributed by atoms with Gasteiger partial charge in [0, 0.05) is 18.5 Å². The van der Waals surface area contributed by atoms with Gasteiger partial charge in [-0.05, 0) is 44.9 Å². The molecule has 2 rings (SSSR count). The number of hydrogen-bond donors (Lipinski definition) is 1. The van der Waals surface area contributed by atoms with Crippen molar-refractivity contribution in [2.45, 2.75) is 58.4 Å². The van der Waals surface area contributed by atoms with Gasteiger partial charge in [-0.15, -0.1) is 0 Å². The van der Waals surface area contributed by atoms with Crippen LogP contribution < -0.4 is 0 Å². The number of carboxylic acid groups (broad SMARTS) is 1. The molecular formula is C15H25NO3. The Morgan fingerprint density at radius 3 is 2.37 bits per heavy atom. The third-order valence-corrected chi connectivity index (χ3v) is 4.77. The lowest BCUT2D eigenvalue weighted by Gasteiger charge is -2.31. The van der Waals surface area contributed by atoms with E-state index in [2.05, 4.69) is 13.8 Å². The van der Waals surface area contributed by atoms with Crippen molar-refractivity contribution in [2.24, 2.45) is 17.8 Å². The maximum Gasteiger partial charge on any atom is 0.306 e. The quantitative estimate of drug-likeness (QED) is 0.836. The number of hydrogen-bond acceptors (Lipinski definition) is 2. The van der Waals surface area contributed by atoms with Crippen molar-refractivity contribution in [1.29, 1.82) is 0 Å². The third-order valence-electron chi connectivity index (χ3n) is 4.77. The summed E-state index contributed by atoms with van der Waals surface area (Å²) in [5.74, 6) is -0.356. The maximum atomic E-state index is 12.6. The molecule has 1 aliphatic heterocycles. The Balaban J connectivity index is 2.00. The number of nitrogens with zero attached hydrogens (tertiary/aromatic N) is 1. The third kappa shape index (κ3) is 3.28. The number of likely N-dealkylation sites (tertiary alicyclic amines) is 1. The van der Waals surface area contributed by atoms with Crippen LogP contribution in [0.1, 0.15) is 52.4 Å². The smallest absolute Gasteiger partial charge is 0.306 e. The minimum absolute atomic E-state index is 0.0613. The van der Waals surface area contributed by atoms with Crippen molar-refractivity contribution in [3.05, 3.63) is 0 Å². The molecule has 1 aliphatic carbocycles. The molecule has 1 heterocycles. The Kier molecular flexibility index (Phi) is 4.48. The first-order valence-corrected chi connectivity index (χ1v) is 7.52. The van der Waals surface area contributed by atoms with Crippen molar-refractivity contribution in [3.63, 3.8) is 0 Å². The molecule has 0 aromatic carbocycles. The molecule has 1 amide bonds. The van der Waals surface area contributed by atoms with Crippen LogP contribution in [-0.2, 0) is 9.59 Å². The van der Waals surface area contributed by atoms with Crippen LogP contribution in [0.3, 0.4) is 0 Å². The molecule has 0 radical (unpaired) electrons. The summed E-state index contributed by atoms with van der Waals surface area (Å²) in [6, 6.07) is 0.307. The van der Waals surface area contributed by atoms with Crippen LogP contribution in [0.15, 0.2) is 0 Å². The number of carboxylic acids is 1. The normalized spacial score (nSPS) is 36.0. The molecule has 1 saturated heterocycles. The maximum absolute atomic E-state index is 12.6. The van der Waals surface area contributed by atoms with Gasteiger partial charge < -0.3 is 10.0 Å². The molecule has 0 bridgehead atoms. The number of aliphatic carboxylic acids is 1. The summed E-state index contributed by atoms with van der Waals surface area (Å²) in [6.45, 7) is 5.17. The molecule has 1 saturated carbocycles. The van der Waals surface area contributed by atoms with Gasteiger partial charge in [-0.1, -0.05) is 13.3 Å². The van der Waals surface area contributed by atoms with Gasteiger partial charge in [0.15, 0.2) is 0 Å². The predicted octanol–water partition coefficient (Wildman–Crippen LogP) is 2.52. The first kappa shape index (κ1) is 14.4. The molecule has 0 aromatic rings. The van der Waals surface area contributed by atoms with Gasteiger partial charge in [0.25, 0.3) is 0 Å². The highest BCUT2D eigenvalue weighted by Crippen LogP contribution is 2.34. The number of amides is 1.